The Morgan fingerprint density at radius 3 is 2.50 bits per heavy atom. The number of hydrogen-bond acceptors (Lipinski definition) is 6. The number of nitrogens with two attached hydrogens (primary N) is 1. The van der Waals surface area contributed by atoms with Crippen molar-refractivity contribution in [2.24, 2.45) is 5.73 Å². The number of carbonyl (C=O) groups excluding carboxylic acids is 2. The number of ether oxygens (including phenoxy) is 1. The number of hydrogen-bond donors (Lipinski definition) is 4. The molecule has 0 fully saturated rings. The van der Waals surface area contributed by atoms with E-state index in [1.807, 2.05) is 18.2 Å². The summed E-state index contributed by atoms with van der Waals surface area (Å²) in [6, 6.07) is 8.14. The first-order chi connectivity index (χ1) is 11.4. The van der Waals surface area contributed by atoms with Crippen LogP contribution in [0.2, 0.25) is 0 Å². The molecule has 24 heavy (non-hydrogen) atoms. The summed E-state index contributed by atoms with van der Waals surface area (Å²) in [6.45, 7) is 1.81. The second kappa shape index (κ2) is 10.5. The Kier molecular flexibility index (Phi) is 8.66. The van der Waals surface area contributed by atoms with Gasteiger partial charge in [0.2, 0.25) is 5.91 Å². The standard InChI is InChI=1S/C15H21N3O5S/c1-10(12(19)18-13(14(20)21)24-8-7-16)17-15(22)23-9-11-5-3-2-4-6-11/h2-6,10,13H,7-9,16H2,1H3,(H,17,22)(H,18,19)(H,20,21)/t10-,13?/m0/s1. The molecule has 0 aliphatic carbocycles. The normalized spacial score (nSPS) is 12.8. The van der Waals surface area contributed by atoms with Gasteiger partial charge in [0.05, 0.1) is 0 Å². The summed E-state index contributed by atoms with van der Waals surface area (Å²) in [7, 11) is 0. The van der Waals surface area contributed by atoms with Crippen LogP contribution < -0.4 is 16.4 Å². The van der Waals surface area contributed by atoms with E-state index in [0.29, 0.717) is 12.3 Å². The molecule has 1 aromatic rings. The first kappa shape index (κ1) is 19.8. The number of amides is 2. The lowest BCUT2D eigenvalue weighted by Crippen LogP contribution is -2.49. The molecular formula is C15H21N3O5S. The van der Waals surface area contributed by atoms with Gasteiger partial charge in [-0.2, -0.15) is 0 Å². The molecule has 1 rings (SSSR count). The van der Waals surface area contributed by atoms with E-state index in [2.05, 4.69) is 10.6 Å². The zero-order chi connectivity index (χ0) is 17.9. The minimum atomic E-state index is -1.18. The van der Waals surface area contributed by atoms with Crippen LogP contribution >= 0.6 is 11.8 Å². The van der Waals surface area contributed by atoms with Gasteiger partial charge in [0, 0.05) is 12.3 Å². The van der Waals surface area contributed by atoms with E-state index in [4.69, 9.17) is 15.6 Å². The molecule has 0 radical (unpaired) electrons. The second-order valence-electron chi connectivity index (χ2n) is 4.81. The van der Waals surface area contributed by atoms with E-state index < -0.39 is 29.4 Å². The van der Waals surface area contributed by atoms with Crippen molar-refractivity contribution >= 4 is 29.7 Å². The molecule has 1 aromatic carbocycles. The van der Waals surface area contributed by atoms with Gasteiger partial charge < -0.3 is 26.2 Å². The molecule has 0 heterocycles. The van der Waals surface area contributed by atoms with Gasteiger partial charge in [-0.05, 0) is 12.5 Å². The molecule has 132 valence electrons. The van der Waals surface area contributed by atoms with Crippen LogP contribution in [0.1, 0.15) is 12.5 Å². The van der Waals surface area contributed by atoms with Crippen LogP contribution in [0.3, 0.4) is 0 Å². The minimum Gasteiger partial charge on any atom is -0.479 e. The summed E-state index contributed by atoms with van der Waals surface area (Å²) in [5, 5.41) is 12.6. The number of thioether (sulfide) groups is 1. The predicted octanol–water partition coefficient (Wildman–Crippen LogP) is 0.520. The van der Waals surface area contributed by atoms with Crippen LogP contribution in [0.15, 0.2) is 30.3 Å². The molecule has 0 saturated heterocycles. The van der Waals surface area contributed by atoms with Crippen LogP contribution in [0.5, 0.6) is 0 Å². The van der Waals surface area contributed by atoms with E-state index in [9.17, 15) is 14.4 Å². The Bertz CT molecular complexity index is 555. The van der Waals surface area contributed by atoms with Gasteiger partial charge in [0.1, 0.15) is 12.6 Å². The van der Waals surface area contributed by atoms with Gasteiger partial charge in [-0.25, -0.2) is 9.59 Å². The number of carboxylic acid groups (broad SMARTS) is 1. The maximum Gasteiger partial charge on any atom is 0.408 e. The molecule has 0 saturated carbocycles. The monoisotopic (exact) mass is 355 g/mol. The lowest BCUT2D eigenvalue weighted by Gasteiger charge is -2.18. The third kappa shape index (κ3) is 7.34. The molecule has 0 aliphatic rings. The van der Waals surface area contributed by atoms with Crippen molar-refractivity contribution in [3.05, 3.63) is 35.9 Å². The minimum absolute atomic E-state index is 0.0745. The van der Waals surface area contributed by atoms with Crippen LogP contribution in [-0.4, -0.2) is 46.8 Å². The first-order valence-electron chi connectivity index (χ1n) is 7.26. The van der Waals surface area contributed by atoms with Crippen molar-refractivity contribution in [2.45, 2.75) is 24.9 Å². The van der Waals surface area contributed by atoms with Gasteiger partial charge in [-0.15, -0.1) is 11.8 Å². The third-order valence-electron chi connectivity index (χ3n) is 2.84. The fraction of sp³-hybridized carbons (Fsp3) is 0.400. The summed E-state index contributed by atoms with van der Waals surface area (Å²) in [6.07, 6.45) is -0.761. The molecule has 0 aliphatic heterocycles. The third-order valence-corrected chi connectivity index (χ3v) is 3.96. The molecular weight excluding hydrogens is 334 g/mol. The zero-order valence-corrected chi connectivity index (χ0v) is 14.0. The summed E-state index contributed by atoms with van der Waals surface area (Å²) in [5.41, 5.74) is 6.13. The lowest BCUT2D eigenvalue weighted by molar-refractivity contribution is -0.139. The lowest BCUT2D eigenvalue weighted by atomic mass is 10.2. The summed E-state index contributed by atoms with van der Waals surface area (Å²) >= 11 is 1.00. The molecule has 8 nitrogen and oxygen atoms in total. The molecule has 0 bridgehead atoms. The number of nitrogens with one attached hydrogen (secondary N) is 2. The van der Waals surface area contributed by atoms with E-state index in [1.165, 1.54) is 6.92 Å². The van der Waals surface area contributed by atoms with E-state index in [0.717, 1.165) is 17.3 Å². The van der Waals surface area contributed by atoms with Crippen molar-refractivity contribution < 1.29 is 24.2 Å². The topological polar surface area (TPSA) is 131 Å². The highest BCUT2D eigenvalue weighted by molar-refractivity contribution is 8.00. The first-order valence-corrected chi connectivity index (χ1v) is 8.31. The summed E-state index contributed by atoms with van der Waals surface area (Å²) in [5.74, 6) is -1.41. The highest BCUT2D eigenvalue weighted by atomic mass is 32.2. The van der Waals surface area contributed by atoms with Crippen LogP contribution in [0.4, 0.5) is 4.79 Å². The SMILES string of the molecule is C[C@H](NC(=O)OCc1ccccc1)C(=O)NC(SCCN)C(=O)O. The molecule has 2 amide bonds. The number of rotatable bonds is 9. The predicted molar refractivity (Wildman–Crippen MR) is 90.3 cm³/mol. The Hall–Kier alpha value is -2.26. The van der Waals surface area contributed by atoms with E-state index >= 15 is 0 Å². The number of alkyl carbamates (subject to hydrolysis) is 1. The maximum absolute atomic E-state index is 11.9. The van der Waals surface area contributed by atoms with Crippen molar-refractivity contribution in [2.75, 3.05) is 12.3 Å². The largest absolute Gasteiger partial charge is 0.479 e. The average molecular weight is 355 g/mol. The van der Waals surface area contributed by atoms with Crippen LogP contribution in [0, 0.1) is 0 Å². The smallest absolute Gasteiger partial charge is 0.408 e. The Balaban J connectivity index is 2.41. The van der Waals surface area contributed by atoms with Crippen LogP contribution in [-0.2, 0) is 20.9 Å². The van der Waals surface area contributed by atoms with Crippen molar-refractivity contribution in [1.29, 1.82) is 0 Å². The van der Waals surface area contributed by atoms with Crippen molar-refractivity contribution in [3.63, 3.8) is 0 Å². The summed E-state index contributed by atoms with van der Waals surface area (Å²) < 4.78 is 5.00. The fourth-order valence-electron chi connectivity index (χ4n) is 1.62. The van der Waals surface area contributed by atoms with Crippen molar-refractivity contribution in [1.82, 2.24) is 10.6 Å². The van der Waals surface area contributed by atoms with E-state index in [1.54, 1.807) is 12.1 Å². The molecule has 0 aromatic heterocycles. The Morgan fingerprint density at radius 1 is 1.25 bits per heavy atom. The molecule has 2 atom stereocenters. The zero-order valence-electron chi connectivity index (χ0n) is 13.2. The molecule has 9 heteroatoms. The van der Waals surface area contributed by atoms with Gasteiger partial charge in [0.25, 0.3) is 0 Å². The average Bonchev–Trinajstić information content (AvgIpc) is 2.57. The van der Waals surface area contributed by atoms with Gasteiger partial charge >= 0.3 is 12.1 Å². The quantitative estimate of drug-likeness (QED) is 0.475. The number of aliphatic carboxylic acids is 1. The van der Waals surface area contributed by atoms with Crippen LogP contribution in [0.25, 0.3) is 0 Å². The number of carbonyl (C=O) groups is 3. The molecule has 1 unspecified atom stereocenters. The Labute approximate surface area is 144 Å². The van der Waals surface area contributed by atoms with Gasteiger partial charge in [0.15, 0.2) is 5.37 Å². The molecule has 0 spiro atoms. The highest BCUT2D eigenvalue weighted by Gasteiger charge is 2.24. The molecule has 5 N–H and O–H groups in total. The fourth-order valence-corrected chi connectivity index (χ4v) is 2.34. The second-order valence-corrected chi connectivity index (χ2v) is 6.03. The number of benzene rings is 1. The highest BCUT2D eigenvalue weighted by Crippen LogP contribution is 2.07. The Morgan fingerprint density at radius 2 is 1.92 bits per heavy atom. The number of carboxylic acids is 1. The maximum atomic E-state index is 11.9. The van der Waals surface area contributed by atoms with Gasteiger partial charge in [-0.1, -0.05) is 30.3 Å². The van der Waals surface area contributed by atoms with Crippen molar-refractivity contribution in [3.8, 4) is 0 Å². The summed E-state index contributed by atoms with van der Waals surface area (Å²) in [4.78, 5) is 34.7. The van der Waals surface area contributed by atoms with Gasteiger partial charge in [-0.3, -0.25) is 4.79 Å². The van der Waals surface area contributed by atoms with E-state index in [-0.39, 0.29) is 6.61 Å².